The molecular weight excluding hydrogens is 288 g/mol. The molecule has 0 fully saturated rings. The Morgan fingerprint density at radius 1 is 1.04 bits per heavy atom. The van der Waals surface area contributed by atoms with Gasteiger partial charge in [0.05, 0.1) is 18.5 Å². The second-order valence-electron chi connectivity index (χ2n) is 5.41. The van der Waals surface area contributed by atoms with E-state index in [1.54, 1.807) is 7.11 Å². The second kappa shape index (κ2) is 5.35. The van der Waals surface area contributed by atoms with Crippen molar-refractivity contribution in [3.8, 4) is 11.4 Å². The molecule has 1 aromatic heterocycles. The SMILES string of the molecule is COc1ccc2c(c1)C(c1ccccc1)=NCc1nnc(C)n1-2. The predicted molar refractivity (Wildman–Crippen MR) is 88.4 cm³/mol. The van der Waals surface area contributed by atoms with E-state index in [-0.39, 0.29) is 0 Å². The summed E-state index contributed by atoms with van der Waals surface area (Å²) in [5.41, 5.74) is 4.09. The molecule has 5 nitrogen and oxygen atoms in total. The van der Waals surface area contributed by atoms with E-state index < -0.39 is 0 Å². The fraction of sp³-hybridized carbons (Fsp3) is 0.167. The van der Waals surface area contributed by atoms with Crippen LogP contribution in [0.3, 0.4) is 0 Å². The van der Waals surface area contributed by atoms with Crippen molar-refractivity contribution in [1.82, 2.24) is 14.8 Å². The minimum absolute atomic E-state index is 0.502. The summed E-state index contributed by atoms with van der Waals surface area (Å²) < 4.78 is 7.47. The van der Waals surface area contributed by atoms with Gasteiger partial charge in [-0.15, -0.1) is 10.2 Å². The Labute approximate surface area is 134 Å². The summed E-state index contributed by atoms with van der Waals surface area (Å²) in [6, 6.07) is 16.2. The van der Waals surface area contributed by atoms with Crippen LogP contribution in [-0.4, -0.2) is 27.6 Å². The topological polar surface area (TPSA) is 52.3 Å². The minimum atomic E-state index is 0.502. The zero-order valence-electron chi connectivity index (χ0n) is 13.0. The lowest BCUT2D eigenvalue weighted by molar-refractivity contribution is 0.414. The van der Waals surface area contributed by atoms with Crippen molar-refractivity contribution in [2.45, 2.75) is 13.5 Å². The first-order chi connectivity index (χ1) is 11.3. The molecule has 0 bridgehead atoms. The van der Waals surface area contributed by atoms with Crippen molar-refractivity contribution in [2.24, 2.45) is 4.99 Å². The van der Waals surface area contributed by atoms with Crippen molar-refractivity contribution in [2.75, 3.05) is 7.11 Å². The summed E-state index contributed by atoms with van der Waals surface area (Å²) >= 11 is 0. The Morgan fingerprint density at radius 3 is 2.65 bits per heavy atom. The zero-order valence-corrected chi connectivity index (χ0v) is 13.0. The Bertz CT molecular complexity index is 897. The molecule has 0 spiro atoms. The van der Waals surface area contributed by atoms with Gasteiger partial charge in [-0.3, -0.25) is 9.56 Å². The highest BCUT2D eigenvalue weighted by Gasteiger charge is 2.21. The van der Waals surface area contributed by atoms with Gasteiger partial charge in [-0.1, -0.05) is 30.3 Å². The van der Waals surface area contributed by atoms with E-state index in [1.807, 2.05) is 43.3 Å². The van der Waals surface area contributed by atoms with Gasteiger partial charge in [0.2, 0.25) is 0 Å². The van der Waals surface area contributed by atoms with Crippen LogP contribution in [0.5, 0.6) is 5.75 Å². The maximum atomic E-state index is 5.41. The molecule has 23 heavy (non-hydrogen) atoms. The number of aryl methyl sites for hydroxylation is 1. The molecule has 0 radical (unpaired) electrons. The molecule has 5 heteroatoms. The number of aliphatic imine (C=N–C) groups is 1. The molecule has 0 amide bonds. The normalized spacial score (nSPS) is 12.9. The fourth-order valence-electron chi connectivity index (χ4n) is 2.93. The first-order valence-corrected chi connectivity index (χ1v) is 7.47. The van der Waals surface area contributed by atoms with Crippen LogP contribution in [-0.2, 0) is 6.54 Å². The molecule has 4 rings (SSSR count). The van der Waals surface area contributed by atoms with E-state index in [1.165, 1.54) is 0 Å². The molecular formula is C18H16N4O. The smallest absolute Gasteiger partial charge is 0.159 e. The zero-order chi connectivity index (χ0) is 15.8. The van der Waals surface area contributed by atoms with Crippen LogP contribution in [0.15, 0.2) is 53.5 Å². The number of ether oxygens (including phenoxy) is 1. The highest BCUT2D eigenvalue weighted by molar-refractivity contribution is 6.15. The van der Waals surface area contributed by atoms with E-state index in [9.17, 15) is 0 Å². The lowest BCUT2D eigenvalue weighted by atomic mass is 10.00. The van der Waals surface area contributed by atoms with Crippen molar-refractivity contribution in [3.05, 3.63) is 71.3 Å². The van der Waals surface area contributed by atoms with Gasteiger partial charge in [0.1, 0.15) is 18.1 Å². The lowest BCUT2D eigenvalue weighted by Crippen LogP contribution is -2.08. The second-order valence-corrected chi connectivity index (χ2v) is 5.41. The fourth-order valence-corrected chi connectivity index (χ4v) is 2.93. The van der Waals surface area contributed by atoms with E-state index in [2.05, 4.69) is 26.9 Å². The van der Waals surface area contributed by atoms with Crippen molar-refractivity contribution < 1.29 is 4.74 Å². The number of rotatable bonds is 2. The van der Waals surface area contributed by atoms with Crippen LogP contribution < -0.4 is 4.74 Å². The third-order valence-electron chi connectivity index (χ3n) is 4.02. The van der Waals surface area contributed by atoms with Gasteiger partial charge in [-0.05, 0) is 25.1 Å². The summed E-state index contributed by atoms with van der Waals surface area (Å²) in [5.74, 6) is 2.51. The van der Waals surface area contributed by atoms with Crippen LogP contribution in [0.25, 0.3) is 5.69 Å². The van der Waals surface area contributed by atoms with Crippen molar-refractivity contribution in [1.29, 1.82) is 0 Å². The first-order valence-electron chi connectivity index (χ1n) is 7.47. The van der Waals surface area contributed by atoms with Crippen LogP contribution in [0.4, 0.5) is 0 Å². The molecule has 0 atom stereocenters. The molecule has 0 N–H and O–H groups in total. The Morgan fingerprint density at radius 2 is 1.87 bits per heavy atom. The molecule has 0 aliphatic carbocycles. The highest BCUT2D eigenvalue weighted by Crippen LogP contribution is 2.28. The third-order valence-corrected chi connectivity index (χ3v) is 4.02. The maximum absolute atomic E-state index is 5.41. The van der Waals surface area contributed by atoms with Crippen LogP contribution in [0.2, 0.25) is 0 Å². The van der Waals surface area contributed by atoms with Gasteiger partial charge in [0, 0.05) is 11.1 Å². The number of hydrogen-bond acceptors (Lipinski definition) is 4. The van der Waals surface area contributed by atoms with Gasteiger partial charge in [0.25, 0.3) is 0 Å². The standard InChI is InChI=1S/C18H16N4O/c1-12-20-21-17-11-19-18(13-6-4-3-5-7-13)15-10-14(23-2)8-9-16(15)22(12)17/h3-10H,11H2,1-2H3. The van der Waals surface area contributed by atoms with E-state index >= 15 is 0 Å². The van der Waals surface area contributed by atoms with E-state index in [0.717, 1.165) is 39.9 Å². The summed E-state index contributed by atoms with van der Waals surface area (Å²) in [6.45, 7) is 2.46. The van der Waals surface area contributed by atoms with Gasteiger partial charge < -0.3 is 4.74 Å². The molecule has 0 saturated carbocycles. The minimum Gasteiger partial charge on any atom is -0.497 e. The molecule has 3 aromatic rings. The number of aromatic nitrogens is 3. The van der Waals surface area contributed by atoms with Gasteiger partial charge in [0.15, 0.2) is 5.82 Å². The summed E-state index contributed by atoms with van der Waals surface area (Å²) in [5, 5.41) is 8.45. The number of nitrogens with zero attached hydrogens (tertiary/aromatic N) is 4. The van der Waals surface area contributed by atoms with Gasteiger partial charge in [-0.2, -0.15) is 0 Å². The predicted octanol–water partition coefficient (Wildman–Crippen LogP) is 2.94. The Balaban J connectivity index is 2.00. The van der Waals surface area contributed by atoms with Gasteiger partial charge in [-0.25, -0.2) is 0 Å². The summed E-state index contributed by atoms with van der Waals surface area (Å²) in [4.78, 5) is 4.80. The van der Waals surface area contributed by atoms with E-state index in [0.29, 0.717) is 6.54 Å². The molecule has 0 unspecified atom stereocenters. The quantitative estimate of drug-likeness (QED) is 0.731. The molecule has 0 saturated heterocycles. The summed E-state index contributed by atoms with van der Waals surface area (Å²) in [6.07, 6.45) is 0. The van der Waals surface area contributed by atoms with Crippen LogP contribution in [0.1, 0.15) is 22.8 Å². The molecule has 2 heterocycles. The number of hydrogen-bond donors (Lipinski definition) is 0. The molecule has 1 aliphatic rings. The average Bonchev–Trinajstić information content (AvgIpc) is 2.88. The van der Waals surface area contributed by atoms with Crippen molar-refractivity contribution in [3.63, 3.8) is 0 Å². The molecule has 1 aliphatic heterocycles. The number of benzene rings is 2. The van der Waals surface area contributed by atoms with E-state index in [4.69, 9.17) is 9.73 Å². The monoisotopic (exact) mass is 304 g/mol. The third kappa shape index (κ3) is 2.21. The Kier molecular flexibility index (Phi) is 3.19. The highest BCUT2D eigenvalue weighted by atomic mass is 16.5. The molecule has 2 aromatic carbocycles. The maximum Gasteiger partial charge on any atom is 0.159 e. The largest absolute Gasteiger partial charge is 0.497 e. The van der Waals surface area contributed by atoms with Crippen LogP contribution in [0, 0.1) is 6.92 Å². The summed E-state index contributed by atoms with van der Waals surface area (Å²) in [7, 11) is 1.67. The molecule has 114 valence electrons. The number of methoxy groups -OCH3 is 1. The first kappa shape index (κ1) is 13.7. The average molecular weight is 304 g/mol. The number of fused-ring (bicyclic) bond motifs is 3. The lowest BCUT2D eigenvalue weighted by Gasteiger charge is -2.14. The Hall–Kier alpha value is -2.95. The van der Waals surface area contributed by atoms with Gasteiger partial charge >= 0.3 is 0 Å². The van der Waals surface area contributed by atoms with Crippen LogP contribution >= 0.6 is 0 Å². The van der Waals surface area contributed by atoms with Crippen molar-refractivity contribution >= 4 is 5.71 Å².